The van der Waals surface area contributed by atoms with Crippen molar-refractivity contribution >= 4 is 11.7 Å². The Morgan fingerprint density at radius 1 is 1.16 bits per heavy atom. The van der Waals surface area contributed by atoms with E-state index in [1.54, 1.807) is 6.08 Å². The number of para-hydroxylation sites is 1. The first-order valence-electron chi connectivity index (χ1n) is 12.4. The molecule has 0 saturated heterocycles. The van der Waals surface area contributed by atoms with E-state index in [2.05, 4.69) is 18.3 Å². The molecular formula is C27H39NO4. The normalized spacial score (nSPS) is 22.0. The van der Waals surface area contributed by atoms with Gasteiger partial charge in [-0.3, -0.25) is 9.59 Å². The second kappa shape index (κ2) is 12.8. The molecule has 5 heteroatoms. The molecular weight excluding hydrogens is 402 g/mol. The summed E-state index contributed by atoms with van der Waals surface area (Å²) in [4.78, 5) is 24.3. The van der Waals surface area contributed by atoms with Gasteiger partial charge < -0.3 is 15.2 Å². The van der Waals surface area contributed by atoms with Crippen LogP contribution in [0.3, 0.4) is 0 Å². The van der Waals surface area contributed by atoms with Gasteiger partial charge in [0.25, 0.3) is 0 Å². The van der Waals surface area contributed by atoms with Gasteiger partial charge in [-0.15, -0.1) is 0 Å². The summed E-state index contributed by atoms with van der Waals surface area (Å²) in [6.45, 7) is 3.16. The first-order chi connectivity index (χ1) is 15.5. The van der Waals surface area contributed by atoms with Gasteiger partial charge in [-0.1, -0.05) is 50.5 Å². The molecule has 2 N–H and O–H groups in total. The van der Waals surface area contributed by atoms with E-state index in [9.17, 15) is 14.7 Å². The van der Waals surface area contributed by atoms with Crippen LogP contribution in [0.1, 0.15) is 64.7 Å². The molecule has 1 amide bonds. The molecule has 1 aromatic rings. The molecule has 5 nitrogen and oxygen atoms in total. The molecule has 1 aromatic carbocycles. The van der Waals surface area contributed by atoms with Crippen molar-refractivity contribution in [3.63, 3.8) is 0 Å². The molecule has 0 bridgehead atoms. The number of hydrogen-bond donors (Lipinski definition) is 2. The van der Waals surface area contributed by atoms with Crippen LogP contribution >= 0.6 is 0 Å². The Kier molecular flexibility index (Phi) is 9.79. The Hall–Kier alpha value is -2.14. The maximum atomic E-state index is 12.5. The van der Waals surface area contributed by atoms with Crippen LogP contribution in [0.2, 0.25) is 0 Å². The van der Waals surface area contributed by atoms with E-state index in [1.165, 1.54) is 12.8 Å². The molecule has 176 valence electrons. The molecule has 0 heterocycles. The molecule has 4 atom stereocenters. The summed E-state index contributed by atoms with van der Waals surface area (Å²) in [5, 5.41) is 13.4. The molecule has 0 spiro atoms. The van der Waals surface area contributed by atoms with Crippen molar-refractivity contribution in [1.29, 1.82) is 0 Å². The Morgan fingerprint density at radius 2 is 1.91 bits per heavy atom. The van der Waals surface area contributed by atoms with Crippen LogP contribution in [0.25, 0.3) is 0 Å². The molecule has 0 aliphatic heterocycles. The number of ether oxygens (including phenoxy) is 1. The van der Waals surface area contributed by atoms with E-state index in [4.69, 9.17) is 4.74 Å². The fraction of sp³-hybridized carbons (Fsp3) is 0.630. The van der Waals surface area contributed by atoms with Gasteiger partial charge in [0.05, 0.1) is 6.10 Å². The summed E-state index contributed by atoms with van der Waals surface area (Å²) in [6.07, 6.45) is 12.0. The minimum absolute atomic E-state index is 0.0467. The number of aliphatic hydroxyl groups excluding tert-OH is 1. The minimum atomic E-state index is -0.592. The van der Waals surface area contributed by atoms with Gasteiger partial charge >= 0.3 is 0 Å². The van der Waals surface area contributed by atoms with Crippen LogP contribution in [0.15, 0.2) is 42.5 Å². The van der Waals surface area contributed by atoms with Crippen molar-refractivity contribution in [2.24, 2.45) is 23.7 Å². The van der Waals surface area contributed by atoms with Gasteiger partial charge in [-0.05, 0) is 68.1 Å². The summed E-state index contributed by atoms with van der Waals surface area (Å²) in [7, 11) is 0. The third-order valence-corrected chi connectivity index (χ3v) is 6.72. The molecule has 1 saturated carbocycles. The predicted molar refractivity (Wildman–Crippen MR) is 126 cm³/mol. The van der Waals surface area contributed by atoms with E-state index < -0.39 is 6.10 Å². The van der Waals surface area contributed by atoms with E-state index in [-0.39, 0.29) is 36.1 Å². The van der Waals surface area contributed by atoms with E-state index >= 15 is 0 Å². The van der Waals surface area contributed by atoms with Gasteiger partial charge in [0.1, 0.15) is 12.4 Å². The van der Waals surface area contributed by atoms with Gasteiger partial charge in [0.15, 0.2) is 5.78 Å². The summed E-state index contributed by atoms with van der Waals surface area (Å²) in [5.74, 6) is 2.16. The number of carbonyl (C=O) groups is 2. The topological polar surface area (TPSA) is 75.6 Å². The minimum Gasteiger partial charge on any atom is -0.491 e. The maximum Gasteiger partial charge on any atom is 0.220 e. The van der Waals surface area contributed by atoms with Crippen molar-refractivity contribution in [2.75, 3.05) is 13.2 Å². The number of amides is 1. The van der Waals surface area contributed by atoms with Gasteiger partial charge in [-0.25, -0.2) is 0 Å². The molecule has 4 unspecified atom stereocenters. The number of allylic oxidation sites excluding steroid dienone is 2. The highest BCUT2D eigenvalue weighted by atomic mass is 16.5. The Labute approximate surface area is 192 Å². The zero-order chi connectivity index (χ0) is 22.8. The lowest BCUT2D eigenvalue weighted by Crippen LogP contribution is -2.29. The number of aliphatic hydroxyl groups is 1. The van der Waals surface area contributed by atoms with Crippen LogP contribution in [-0.4, -0.2) is 36.1 Å². The molecule has 2 aliphatic rings. The quantitative estimate of drug-likeness (QED) is 0.387. The highest BCUT2D eigenvalue weighted by Crippen LogP contribution is 2.35. The first-order valence-corrected chi connectivity index (χ1v) is 12.4. The lowest BCUT2D eigenvalue weighted by Gasteiger charge is -2.26. The zero-order valence-corrected chi connectivity index (χ0v) is 19.4. The number of unbranched alkanes of at least 4 members (excludes halogenated alkanes) is 3. The van der Waals surface area contributed by atoms with Crippen molar-refractivity contribution in [3.05, 3.63) is 42.5 Å². The first kappa shape index (κ1) is 24.5. The third kappa shape index (κ3) is 8.42. The van der Waals surface area contributed by atoms with E-state index in [0.29, 0.717) is 12.8 Å². The fourth-order valence-electron chi connectivity index (χ4n) is 4.68. The standard InChI is InChI=1S/C27H39NO4/c1-20(17-23(29)19-32-24-10-6-4-7-11-24)27-22(15-16-25(27)30)9-5-2-3-8-12-26(31)28-18-21-13-14-21/h4,6-7,10-11,15-16,20-23,27,29H,2-3,5,8-9,12-14,17-19H2,1H3,(H,28,31). The summed E-state index contributed by atoms with van der Waals surface area (Å²) in [6, 6.07) is 9.48. The second-order valence-electron chi connectivity index (χ2n) is 9.64. The van der Waals surface area contributed by atoms with Gasteiger partial charge in [0, 0.05) is 18.9 Å². The number of hydrogen-bond acceptors (Lipinski definition) is 4. The maximum absolute atomic E-state index is 12.5. The number of benzene rings is 1. The number of ketones is 1. The second-order valence-corrected chi connectivity index (χ2v) is 9.64. The molecule has 1 fully saturated rings. The predicted octanol–water partition coefficient (Wildman–Crippen LogP) is 4.69. The summed E-state index contributed by atoms with van der Waals surface area (Å²) < 4.78 is 5.66. The largest absolute Gasteiger partial charge is 0.491 e. The SMILES string of the molecule is CC(CC(O)COc1ccccc1)C1C(=O)C=CC1CCCCCCC(=O)NCC1CC1. The lowest BCUT2D eigenvalue weighted by molar-refractivity contribution is -0.121. The van der Waals surface area contributed by atoms with Crippen LogP contribution in [-0.2, 0) is 9.59 Å². The van der Waals surface area contributed by atoms with Crippen LogP contribution < -0.4 is 10.1 Å². The third-order valence-electron chi connectivity index (χ3n) is 6.72. The van der Waals surface area contributed by atoms with Crippen LogP contribution in [0.5, 0.6) is 5.75 Å². The Morgan fingerprint density at radius 3 is 2.66 bits per heavy atom. The average molecular weight is 442 g/mol. The van der Waals surface area contributed by atoms with E-state index in [0.717, 1.165) is 50.3 Å². The molecule has 2 aliphatic carbocycles. The highest BCUT2D eigenvalue weighted by molar-refractivity contribution is 5.94. The smallest absolute Gasteiger partial charge is 0.220 e. The van der Waals surface area contributed by atoms with Crippen LogP contribution in [0, 0.1) is 23.7 Å². The Bertz CT molecular complexity index is 743. The number of nitrogens with one attached hydrogen (secondary N) is 1. The zero-order valence-electron chi connectivity index (χ0n) is 19.4. The van der Waals surface area contributed by atoms with Gasteiger partial charge in [0.2, 0.25) is 5.91 Å². The average Bonchev–Trinajstić information content (AvgIpc) is 3.55. The Balaban J connectivity index is 1.30. The number of carbonyl (C=O) groups excluding carboxylic acids is 2. The fourth-order valence-corrected chi connectivity index (χ4v) is 4.68. The summed E-state index contributed by atoms with van der Waals surface area (Å²) in [5.41, 5.74) is 0. The summed E-state index contributed by atoms with van der Waals surface area (Å²) >= 11 is 0. The van der Waals surface area contributed by atoms with Crippen molar-refractivity contribution < 1.29 is 19.4 Å². The van der Waals surface area contributed by atoms with Crippen LogP contribution in [0.4, 0.5) is 0 Å². The van der Waals surface area contributed by atoms with Crippen molar-refractivity contribution in [1.82, 2.24) is 5.32 Å². The number of rotatable bonds is 15. The van der Waals surface area contributed by atoms with Gasteiger partial charge in [-0.2, -0.15) is 0 Å². The lowest BCUT2D eigenvalue weighted by atomic mass is 9.79. The molecule has 32 heavy (non-hydrogen) atoms. The monoisotopic (exact) mass is 441 g/mol. The molecule has 0 aromatic heterocycles. The molecule has 3 rings (SSSR count). The highest BCUT2D eigenvalue weighted by Gasteiger charge is 2.34. The van der Waals surface area contributed by atoms with Crippen molar-refractivity contribution in [3.8, 4) is 5.75 Å². The molecule has 0 radical (unpaired) electrons. The van der Waals surface area contributed by atoms with E-state index in [1.807, 2.05) is 30.3 Å². The van der Waals surface area contributed by atoms with Crippen molar-refractivity contribution in [2.45, 2.75) is 70.8 Å².